The van der Waals surface area contributed by atoms with Gasteiger partial charge in [-0.2, -0.15) is 0 Å². The van der Waals surface area contributed by atoms with E-state index >= 15 is 0 Å². The third-order valence-electron chi connectivity index (χ3n) is 3.14. The van der Waals surface area contributed by atoms with E-state index in [-0.39, 0.29) is 12.0 Å². The maximum atomic E-state index is 5.54. The van der Waals surface area contributed by atoms with Crippen molar-refractivity contribution < 1.29 is 0 Å². The van der Waals surface area contributed by atoms with Crippen LogP contribution in [0.25, 0.3) is 0 Å². The van der Waals surface area contributed by atoms with E-state index in [4.69, 9.17) is 5.84 Å². The lowest BCUT2D eigenvalue weighted by Gasteiger charge is -2.19. The molecule has 4 N–H and O–H groups in total. The monoisotopic (exact) mass is 291 g/mol. The zero-order valence-corrected chi connectivity index (χ0v) is 13.1. The van der Waals surface area contributed by atoms with E-state index in [0.717, 1.165) is 11.4 Å². The average Bonchev–Trinajstić information content (AvgIpc) is 2.84. The van der Waals surface area contributed by atoms with Crippen LogP contribution in [0.5, 0.6) is 0 Å². The second kappa shape index (κ2) is 6.19. The van der Waals surface area contributed by atoms with Crippen LogP contribution in [0.1, 0.15) is 48.0 Å². The topological polar surface area (TPSA) is 75.9 Å². The molecular formula is C14H21N5S. The fourth-order valence-corrected chi connectivity index (χ4v) is 3.01. The molecule has 0 aliphatic carbocycles. The van der Waals surface area contributed by atoms with Crippen molar-refractivity contribution in [2.24, 2.45) is 5.84 Å². The van der Waals surface area contributed by atoms with Crippen molar-refractivity contribution in [3.8, 4) is 0 Å². The number of hydrogen-bond donors (Lipinski definition) is 3. The number of thiophene rings is 1. The third-order valence-corrected chi connectivity index (χ3v) is 4.32. The summed E-state index contributed by atoms with van der Waals surface area (Å²) in [5, 5.41) is 3.46. The minimum Gasteiger partial charge on any atom is -0.362 e. The minimum absolute atomic E-state index is 0.201. The molecule has 0 saturated carbocycles. The van der Waals surface area contributed by atoms with Crippen LogP contribution in [-0.2, 0) is 0 Å². The molecule has 0 aliphatic rings. The highest BCUT2D eigenvalue weighted by Gasteiger charge is 2.17. The first-order valence-electron chi connectivity index (χ1n) is 6.67. The van der Waals surface area contributed by atoms with Crippen LogP contribution in [0.3, 0.4) is 0 Å². The molecule has 0 bridgehead atoms. The molecule has 0 fully saturated rings. The number of hydrazine groups is 1. The maximum Gasteiger partial charge on any atom is 0.148 e. The Bertz CT molecular complexity index is 579. The summed E-state index contributed by atoms with van der Waals surface area (Å²) in [5.41, 5.74) is 3.66. The lowest BCUT2D eigenvalue weighted by atomic mass is 10.0. The van der Waals surface area contributed by atoms with Crippen LogP contribution >= 0.6 is 11.3 Å². The second-order valence-corrected chi connectivity index (χ2v) is 6.42. The average molecular weight is 291 g/mol. The molecule has 0 spiro atoms. The Balaban J connectivity index is 2.29. The van der Waals surface area contributed by atoms with Gasteiger partial charge in [-0.25, -0.2) is 15.8 Å². The van der Waals surface area contributed by atoms with Gasteiger partial charge in [-0.05, 0) is 31.9 Å². The van der Waals surface area contributed by atoms with E-state index in [0.29, 0.717) is 5.82 Å². The number of nitrogens with zero attached hydrogens (tertiary/aromatic N) is 2. The molecule has 1 unspecified atom stereocenters. The van der Waals surface area contributed by atoms with Crippen molar-refractivity contribution in [3.63, 3.8) is 0 Å². The van der Waals surface area contributed by atoms with E-state index < -0.39 is 0 Å². The van der Waals surface area contributed by atoms with Crippen LogP contribution in [-0.4, -0.2) is 9.97 Å². The summed E-state index contributed by atoms with van der Waals surface area (Å²) in [5.74, 6) is 7.32. The highest BCUT2D eigenvalue weighted by Crippen LogP contribution is 2.31. The number of aryl methyl sites for hydroxylation is 1. The summed E-state index contributed by atoms with van der Waals surface area (Å²) in [6, 6.07) is 4.48. The SMILES string of the molecule is Cc1ccc(C(C)Nc2ncnc(NN)c2C(C)C)s1. The van der Waals surface area contributed by atoms with Gasteiger partial charge in [0.1, 0.15) is 18.0 Å². The van der Waals surface area contributed by atoms with Crippen LogP contribution < -0.4 is 16.6 Å². The maximum absolute atomic E-state index is 5.54. The fraction of sp³-hybridized carbons (Fsp3) is 0.429. The van der Waals surface area contributed by atoms with Crippen molar-refractivity contribution in [1.82, 2.24) is 9.97 Å². The molecule has 2 aromatic heterocycles. The quantitative estimate of drug-likeness (QED) is 0.581. The Kier molecular flexibility index (Phi) is 4.57. The summed E-state index contributed by atoms with van der Waals surface area (Å²) in [6.45, 7) is 8.45. The molecule has 0 aliphatic heterocycles. The van der Waals surface area contributed by atoms with E-state index in [1.165, 1.54) is 16.1 Å². The van der Waals surface area contributed by atoms with Gasteiger partial charge in [0, 0.05) is 15.3 Å². The van der Waals surface area contributed by atoms with Crippen LogP contribution in [0, 0.1) is 6.92 Å². The number of hydrogen-bond acceptors (Lipinski definition) is 6. The summed E-state index contributed by atoms with van der Waals surface area (Å²) in [6.07, 6.45) is 1.52. The zero-order valence-electron chi connectivity index (χ0n) is 12.3. The lowest BCUT2D eigenvalue weighted by molar-refractivity contribution is 0.825. The van der Waals surface area contributed by atoms with Gasteiger partial charge in [-0.15, -0.1) is 11.3 Å². The first-order valence-corrected chi connectivity index (χ1v) is 7.49. The Labute approximate surface area is 123 Å². The molecule has 2 aromatic rings. The molecule has 0 aromatic carbocycles. The van der Waals surface area contributed by atoms with Gasteiger partial charge < -0.3 is 10.7 Å². The number of anilines is 2. The van der Waals surface area contributed by atoms with Crippen LogP contribution in [0.15, 0.2) is 18.5 Å². The zero-order chi connectivity index (χ0) is 14.7. The van der Waals surface area contributed by atoms with Gasteiger partial charge in [-0.1, -0.05) is 13.8 Å². The molecule has 20 heavy (non-hydrogen) atoms. The smallest absolute Gasteiger partial charge is 0.148 e. The Hall–Kier alpha value is -1.66. The van der Waals surface area contributed by atoms with Crippen molar-refractivity contribution >= 4 is 23.0 Å². The Morgan fingerprint density at radius 1 is 1.15 bits per heavy atom. The van der Waals surface area contributed by atoms with Crippen LogP contribution in [0.2, 0.25) is 0 Å². The van der Waals surface area contributed by atoms with Gasteiger partial charge in [0.2, 0.25) is 0 Å². The van der Waals surface area contributed by atoms with Gasteiger partial charge in [0.25, 0.3) is 0 Å². The standard InChI is InChI=1S/C14H21N5S/c1-8(2)12-13(16-7-17-14(12)19-15)18-10(4)11-6-5-9(3)20-11/h5-8,10H,15H2,1-4H3,(H2,16,17,18,19). The van der Waals surface area contributed by atoms with Gasteiger partial charge in [-0.3, -0.25) is 0 Å². The van der Waals surface area contributed by atoms with Crippen molar-refractivity contribution in [1.29, 1.82) is 0 Å². The highest BCUT2D eigenvalue weighted by atomic mass is 32.1. The van der Waals surface area contributed by atoms with E-state index in [9.17, 15) is 0 Å². The molecule has 108 valence electrons. The normalized spacial score (nSPS) is 12.5. The molecule has 5 nitrogen and oxygen atoms in total. The molecule has 6 heteroatoms. The first-order chi connectivity index (χ1) is 9.52. The van der Waals surface area contributed by atoms with E-state index in [1.807, 2.05) is 0 Å². The second-order valence-electron chi connectivity index (χ2n) is 5.10. The molecule has 2 heterocycles. The first kappa shape index (κ1) is 14.7. The minimum atomic E-state index is 0.201. The van der Waals surface area contributed by atoms with E-state index in [2.05, 4.69) is 60.5 Å². The summed E-state index contributed by atoms with van der Waals surface area (Å²) >= 11 is 1.79. The molecule has 0 amide bonds. The van der Waals surface area contributed by atoms with Crippen molar-refractivity contribution in [2.75, 3.05) is 10.7 Å². The molecule has 2 rings (SSSR count). The summed E-state index contributed by atoms with van der Waals surface area (Å²) < 4.78 is 0. The van der Waals surface area contributed by atoms with Gasteiger partial charge >= 0.3 is 0 Å². The van der Waals surface area contributed by atoms with Gasteiger partial charge in [0.05, 0.1) is 6.04 Å². The largest absolute Gasteiger partial charge is 0.362 e. The predicted molar refractivity (Wildman–Crippen MR) is 85.0 cm³/mol. The number of nitrogen functional groups attached to an aromatic ring is 1. The van der Waals surface area contributed by atoms with Crippen LogP contribution in [0.4, 0.5) is 11.6 Å². The summed E-state index contributed by atoms with van der Waals surface area (Å²) in [7, 11) is 0. The highest BCUT2D eigenvalue weighted by molar-refractivity contribution is 7.12. The fourth-order valence-electron chi connectivity index (χ4n) is 2.13. The number of nitrogens with one attached hydrogen (secondary N) is 2. The number of aromatic nitrogens is 2. The Morgan fingerprint density at radius 2 is 1.85 bits per heavy atom. The van der Waals surface area contributed by atoms with Crippen molar-refractivity contribution in [3.05, 3.63) is 33.8 Å². The summed E-state index contributed by atoms with van der Waals surface area (Å²) in [4.78, 5) is 11.1. The molecule has 1 atom stereocenters. The van der Waals surface area contributed by atoms with Crippen molar-refractivity contribution in [2.45, 2.75) is 39.7 Å². The van der Waals surface area contributed by atoms with E-state index in [1.54, 1.807) is 11.3 Å². The van der Waals surface area contributed by atoms with Gasteiger partial charge in [0.15, 0.2) is 0 Å². The third kappa shape index (κ3) is 3.08. The predicted octanol–water partition coefficient (Wildman–Crippen LogP) is 3.43. The molecular weight excluding hydrogens is 270 g/mol. The number of rotatable bonds is 5. The molecule has 0 saturated heterocycles. The number of nitrogens with two attached hydrogens (primary N) is 1. The molecule has 0 radical (unpaired) electrons. The lowest BCUT2D eigenvalue weighted by Crippen LogP contribution is -2.16. The Morgan fingerprint density at radius 3 is 2.40 bits per heavy atom.